The smallest absolute Gasteiger partial charge is 0.173 e. The Bertz CT molecular complexity index is 654. The Balaban J connectivity index is 2.14. The first-order valence-corrected chi connectivity index (χ1v) is 7.78. The van der Waals surface area contributed by atoms with Gasteiger partial charge >= 0.3 is 0 Å². The first-order chi connectivity index (χ1) is 9.93. The Morgan fingerprint density at radius 1 is 1.29 bits per heavy atom. The molecule has 0 aliphatic carbocycles. The van der Waals surface area contributed by atoms with Crippen LogP contribution < -0.4 is 0 Å². The molecule has 0 spiro atoms. The lowest BCUT2D eigenvalue weighted by Gasteiger charge is -2.10. The summed E-state index contributed by atoms with van der Waals surface area (Å²) in [6.45, 7) is 5.94. The van der Waals surface area contributed by atoms with Gasteiger partial charge in [-0.2, -0.15) is 0 Å². The van der Waals surface area contributed by atoms with Crippen LogP contribution in [0, 0.1) is 20.8 Å². The number of aliphatic hydroxyl groups is 1. The fourth-order valence-electron chi connectivity index (χ4n) is 2.53. The van der Waals surface area contributed by atoms with Crippen molar-refractivity contribution in [3.63, 3.8) is 0 Å². The number of thioether (sulfide) groups is 1. The Labute approximate surface area is 129 Å². The summed E-state index contributed by atoms with van der Waals surface area (Å²) in [6, 6.07) is 4.07. The zero-order chi connectivity index (χ0) is 15.6. The van der Waals surface area contributed by atoms with Crippen molar-refractivity contribution in [1.29, 1.82) is 0 Å². The lowest BCUT2D eigenvalue weighted by atomic mass is 9.97. The van der Waals surface area contributed by atoms with Crippen LogP contribution in [0.5, 0.6) is 0 Å². The predicted molar refractivity (Wildman–Crippen MR) is 84.8 cm³/mol. The van der Waals surface area contributed by atoms with E-state index in [1.165, 1.54) is 17.3 Å². The van der Waals surface area contributed by atoms with Gasteiger partial charge in [-0.15, -0.1) is 0 Å². The second-order valence-corrected chi connectivity index (χ2v) is 6.18. The quantitative estimate of drug-likeness (QED) is 0.682. The number of rotatable bonds is 5. The predicted octanol–water partition coefficient (Wildman–Crippen LogP) is 2.81. The summed E-state index contributed by atoms with van der Waals surface area (Å²) in [5.74, 6) is 0.462. The first-order valence-electron chi connectivity index (χ1n) is 6.79. The zero-order valence-electron chi connectivity index (χ0n) is 12.8. The molecule has 0 amide bonds. The largest absolute Gasteiger partial charge is 0.390 e. The van der Waals surface area contributed by atoms with Crippen molar-refractivity contribution in [3.05, 3.63) is 46.3 Å². The van der Waals surface area contributed by atoms with E-state index in [4.69, 9.17) is 5.11 Å². The average molecular weight is 304 g/mol. The third-order valence-electron chi connectivity index (χ3n) is 3.49. The van der Waals surface area contributed by atoms with Crippen LogP contribution in [-0.2, 0) is 13.7 Å². The van der Waals surface area contributed by atoms with Gasteiger partial charge in [-0.1, -0.05) is 29.5 Å². The van der Waals surface area contributed by atoms with E-state index in [1.54, 1.807) is 6.20 Å². The first kappa shape index (κ1) is 15.8. The van der Waals surface area contributed by atoms with Gasteiger partial charge in [0.1, 0.15) is 0 Å². The van der Waals surface area contributed by atoms with E-state index in [9.17, 15) is 4.79 Å². The highest BCUT2D eigenvalue weighted by Gasteiger charge is 2.15. The molecule has 112 valence electrons. The molecule has 0 unspecified atom stereocenters. The van der Waals surface area contributed by atoms with Crippen LogP contribution in [0.4, 0.5) is 0 Å². The number of benzene rings is 1. The number of aliphatic hydroxyl groups excluding tert-OH is 1. The lowest BCUT2D eigenvalue weighted by molar-refractivity contribution is 0.102. The summed E-state index contributed by atoms with van der Waals surface area (Å²) in [5.41, 5.74) is 4.77. The molecular weight excluding hydrogens is 284 g/mol. The fourth-order valence-corrected chi connectivity index (χ4v) is 3.37. The number of aryl methyl sites for hydroxylation is 3. The summed E-state index contributed by atoms with van der Waals surface area (Å²) in [4.78, 5) is 16.7. The SMILES string of the molecule is Cc1cc(C)c(C(=O)CSc2ncc(CO)n2C)c(C)c1. The van der Waals surface area contributed by atoms with Crippen LogP contribution in [0.2, 0.25) is 0 Å². The highest BCUT2D eigenvalue weighted by atomic mass is 32.2. The maximum absolute atomic E-state index is 12.5. The van der Waals surface area contributed by atoms with E-state index in [2.05, 4.69) is 4.98 Å². The highest BCUT2D eigenvalue weighted by molar-refractivity contribution is 7.99. The summed E-state index contributed by atoms with van der Waals surface area (Å²) < 4.78 is 1.81. The molecule has 0 saturated carbocycles. The van der Waals surface area contributed by atoms with E-state index in [-0.39, 0.29) is 12.4 Å². The molecular formula is C16H20N2O2S. The topological polar surface area (TPSA) is 55.1 Å². The van der Waals surface area contributed by atoms with Gasteiger partial charge in [0.25, 0.3) is 0 Å². The lowest BCUT2D eigenvalue weighted by Crippen LogP contribution is -2.08. The third-order valence-corrected chi connectivity index (χ3v) is 4.54. The van der Waals surface area contributed by atoms with E-state index >= 15 is 0 Å². The molecule has 1 heterocycles. The maximum atomic E-state index is 12.5. The molecule has 2 aromatic rings. The molecule has 0 aliphatic heterocycles. The van der Waals surface area contributed by atoms with E-state index in [0.29, 0.717) is 5.75 Å². The number of imidazole rings is 1. The maximum Gasteiger partial charge on any atom is 0.173 e. The van der Waals surface area contributed by atoms with Crippen LogP contribution in [0.1, 0.15) is 32.7 Å². The van der Waals surface area contributed by atoms with Gasteiger partial charge in [0.15, 0.2) is 10.9 Å². The number of nitrogens with zero attached hydrogens (tertiary/aromatic N) is 2. The molecule has 5 heteroatoms. The molecule has 1 aromatic heterocycles. The standard InChI is InChI=1S/C16H20N2O2S/c1-10-5-11(2)15(12(3)6-10)14(20)9-21-16-17-7-13(8-19)18(16)4/h5-7,19H,8-9H2,1-4H3. The second kappa shape index (κ2) is 6.45. The molecule has 0 fully saturated rings. The summed E-state index contributed by atoms with van der Waals surface area (Å²) in [6.07, 6.45) is 1.63. The van der Waals surface area contributed by atoms with Crippen molar-refractivity contribution in [2.45, 2.75) is 32.5 Å². The molecule has 21 heavy (non-hydrogen) atoms. The molecule has 0 saturated heterocycles. The number of carbonyl (C=O) groups is 1. The van der Waals surface area contributed by atoms with Gasteiger partial charge < -0.3 is 9.67 Å². The van der Waals surface area contributed by atoms with E-state index < -0.39 is 0 Å². The third kappa shape index (κ3) is 3.36. The Morgan fingerprint density at radius 2 is 1.90 bits per heavy atom. The molecule has 0 aliphatic rings. The van der Waals surface area contributed by atoms with Crippen molar-refractivity contribution in [2.75, 3.05) is 5.75 Å². The number of Topliss-reactive ketones (excluding diaryl/α,β-unsaturated/α-hetero) is 1. The summed E-state index contributed by atoms with van der Waals surface area (Å²) in [7, 11) is 1.84. The molecule has 0 atom stereocenters. The number of carbonyl (C=O) groups excluding carboxylic acids is 1. The van der Waals surface area contributed by atoms with Crippen molar-refractivity contribution in [2.24, 2.45) is 7.05 Å². The van der Waals surface area contributed by atoms with Crippen molar-refractivity contribution < 1.29 is 9.90 Å². The minimum atomic E-state index is -0.0474. The van der Waals surface area contributed by atoms with E-state index in [0.717, 1.165) is 27.5 Å². The molecule has 1 N–H and O–H groups in total. The zero-order valence-corrected chi connectivity index (χ0v) is 13.6. The molecule has 0 radical (unpaired) electrons. The van der Waals surface area contributed by atoms with Crippen LogP contribution >= 0.6 is 11.8 Å². The molecule has 2 rings (SSSR count). The minimum absolute atomic E-state index is 0.0474. The summed E-state index contributed by atoms with van der Waals surface area (Å²) >= 11 is 1.40. The number of aromatic nitrogens is 2. The minimum Gasteiger partial charge on any atom is -0.390 e. The van der Waals surface area contributed by atoms with Crippen molar-refractivity contribution in [3.8, 4) is 0 Å². The second-order valence-electron chi connectivity index (χ2n) is 5.23. The Morgan fingerprint density at radius 3 is 2.43 bits per heavy atom. The van der Waals surface area contributed by atoms with Gasteiger partial charge in [-0.05, 0) is 31.9 Å². The van der Waals surface area contributed by atoms with Gasteiger partial charge in [-0.3, -0.25) is 4.79 Å². The van der Waals surface area contributed by atoms with Crippen LogP contribution in [0.3, 0.4) is 0 Å². The normalized spacial score (nSPS) is 10.9. The van der Waals surface area contributed by atoms with Crippen LogP contribution in [-0.4, -0.2) is 26.2 Å². The number of ketones is 1. The van der Waals surface area contributed by atoms with Crippen molar-refractivity contribution >= 4 is 17.5 Å². The number of hydrogen-bond donors (Lipinski definition) is 1. The molecule has 0 bridgehead atoms. The van der Waals surface area contributed by atoms with Crippen molar-refractivity contribution in [1.82, 2.24) is 9.55 Å². The number of hydrogen-bond acceptors (Lipinski definition) is 4. The highest BCUT2D eigenvalue weighted by Crippen LogP contribution is 2.22. The van der Waals surface area contributed by atoms with Gasteiger partial charge in [0.05, 0.1) is 24.3 Å². The van der Waals surface area contributed by atoms with Crippen LogP contribution in [0.15, 0.2) is 23.5 Å². The van der Waals surface area contributed by atoms with E-state index in [1.807, 2.05) is 44.5 Å². The average Bonchev–Trinajstić information content (AvgIpc) is 2.75. The Hall–Kier alpha value is -1.59. The fraction of sp³-hybridized carbons (Fsp3) is 0.375. The molecule has 1 aromatic carbocycles. The monoisotopic (exact) mass is 304 g/mol. The van der Waals surface area contributed by atoms with Gasteiger partial charge in [0.2, 0.25) is 0 Å². The van der Waals surface area contributed by atoms with Gasteiger partial charge in [-0.25, -0.2) is 4.98 Å². The molecule has 4 nitrogen and oxygen atoms in total. The van der Waals surface area contributed by atoms with Gasteiger partial charge in [0, 0.05) is 12.6 Å². The van der Waals surface area contributed by atoms with Crippen LogP contribution in [0.25, 0.3) is 0 Å². The Kier molecular flexibility index (Phi) is 4.85. The summed E-state index contributed by atoms with van der Waals surface area (Å²) in [5, 5.41) is 9.89.